The van der Waals surface area contributed by atoms with Gasteiger partial charge in [0.05, 0.1) is 17.1 Å². The first-order valence-corrected chi connectivity index (χ1v) is 9.31. The molecule has 0 spiro atoms. The standard InChI is InChI=1S/C18H15FN4O4S/c1-22-17(14-4-2-3-5-15(14)19)20-21-18(22)28-9-12-7-13(23(24)25)6-11-8-26-10-27-16(11)12/h2-7H,8-10H2,1H3. The lowest BCUT2D eigenvalue weighted by Crippen LogP contribution is -2.13. The van der Waals surface area contributed by atoms with E-state index >= 15 is 0 Å². The van der Waals surface area contributed by atoms with Crippen LogP contribution in [0.25, 0.3) is 11.4 Å². The van der Waals surface area contributed by atoms with E-state index in [1.165, 1.54) is 30.0 Å². The summed E-state index contributed by atoms with van der Waals surface area (Å²) in [5, 5.41) is 20.0. The molecule has 0 radical (unpaired) electrons. The van der Waals surface area contributed by atoms with E-state index in [0.717, 1.165) is 0 Å². The number of nitro benzene ring substituents is 1. The second kappa shape index (κ2) is 7.56. The van der Waals surface area contributed by atoms with Crippen LogP contribution >= 0.6 is 11.8 Å². The SMILES string of the molecule is Cn1c(SCc2cc([N+](=O)[O-])cc3c2OCOC3)nnc1-c1ccccc1F. The summed E-state index contributed by atoms with van der Waals surface area (Å²) in [7, 11) is 1.75. The van der Waals surface area contributed by atoms with Crippen molar-refractivity contribution in [3.05, 3.63) is 63.5 Å². The fraction of sp³-hybridized carbons (Fsp3) is 0.222. The molecule has 8 nitrogen and oxygen atoms in total. The van der Waals surface area contributed by atoms with Gasteiger partial charge in [-0.05, 0) is 12.1 Å². The maximum Gasteiger partial charge on any atom is 0.270 e. The van der Waals surface area contributed by atoms with Gasteiger partial charge in [-0.3, -0.25) is 10.1 Å². The van der Waals surface area contributed by atoms with E-state index in [-0.39, 0.29) is 24.9 Å². The van der Waals surface area contributed by atoms with Crippen LogP contribution in [0.1, 0.15) is 11.1 Å². The lowest BCUT2D eigenvalue weighted by molar-refractivity contribution is -0.385. The third-order valence-electron chi connectivity index (χ3n) is 4.29. The molecule has 0 saturated heterocycles. The fourth-order valence-corrected chi connectivity index (χ4v) is 3.83. The third kappa shape index (κ3) is 3.43. The molecule has 0 N–H and O–H groups in total. The Hall–Kier alpha value is -2.98. The molecule has 28 heavy (non-hydrogen) atoms. The number of non-ortho nitro benzene ring substituents is 1. The molecular weight excluding hydrogens is 387 g/mol. The van der Waals surface area contributed by atoms with Crippen LogP contribution in [0, 0.1) is 15.9 Å². The van der Waals surface area contributed by atoms with Gasteiger partial charge in [-0.25, -0.2) is 4.39 Å². The highest BCUT2D eigenvalue weighted by Gasteiger charge is 2.22. The van der Waals surface area contributed by atoms with E-state index in [9.17, 15) is 14.5 Å². The van der Waals surface area contributed by atoms with Crippen molar-refractivity contribution in [1.82, 2.24) is 14.8 Å². The molecule has 144 valence electrons. The van der Waals surface area contributed by atoms with Crippen molar-refractivity contribution < 1.29 is 18.8 Å². The Labute approximate surface area is 163 Å². The quantitative estimate of drug-likeness (QED) is 0.365. The predicted molar refractivity (Wildman–Crippen MR) is 99.3 cm³/mol. The smallest absolute Gasteiger partial charge is 0.270 e. The van der Waals surface area contributed by atoms with Gasteiger partial charge in [-0.15, -0.1) is 10.2 Å². The van der Waals surface area contributed by atoms with Gasteiger partial charge in [0, 0.05) is 36.1 Å². The van der Waals surface area contributed by atoms with Crippen molar-refractivity contribution in [2.75, 3.05) is 6.79 Å². The lowest BCUT2D eigenvalue weighted by atomic mass is 10.1. The van der Waals surface area contributed by atoms with Crippen LogP contribution in [-0.2, 0) is 24.1 Å². The molecule has 10 heteroatoms. The van der Waals surface area contributed by atoms with Crippen LogP contribution in [0.4, 0.5) is 10.1 Å². The van der Waals surface area contributed by atoms with Crippen LogP contribution in [0.2, 0.25) is 0 Å². The Kier molecular flexibility index (Phi) is 4.97. The van der Waals surface area contributed by atoms with Gasteiger partial charge in [-0.1, -0.05) is 23.9 Å². The summed E-state index contributed by atoms with van der Waals surface area (Å²) in [5.41, 5.74) is 1.65. The molecule has 2 aromatic carbocycles. The molecule has 0 atom stereocenters. The number of nitro groups is 1. The fourth-order valence-electron chi connectivity index (χ4n) is 2.95. The Morgan fingerprint density at radius 2 is 2.14 bits per heavy atom. The van der Waals surface area contributed by atoms with Crippen molar-refractivity contribution in [2.45, 2.75) is 17.5 Å². The molecule has 1 aliphatic heterocycles. The molecule has 0 fully saturated rings. The highest BCUT2D eigenvalue weighted by atomic mass is 32.2. The second-order valence-corrected chi connectivity index (χ2v) is 7.04. The largest absolute Gasteiger partial charge is 0.467 e. The van der Waals surface area contributed by atoms with E-state index < -0.39 is 4.92 Å². The van der Waals surface area contributed by atoms with Gasteiger partial charge in [0.2, 0.25) is 0 Å². The van der Waals surface area contributed by atoms with Gasteiger partial charge in [0.1, 0.15) is 11.6 Å². The van der Waals surface area contributed by atoms with E-state index in [0.29, 0.717) is 39.2 Å². The molecule has 3 aromatic rings. The van der Waals surface area contributed by atoms with Crippen LogP contribution in [0.3, 0.4) is 0 Å². The summed E-state index contributed by atoms with van der Waals surface area (Å²) < 4.78 is 26.5. The zero-order valence-electron chi connectivity index (χ0n) is 14.8. The maximum absolute atomic E-state index is 14.0. The molecule has 0 amide bonds. The number of thioether (sulfide) groups is 1. The number of hydrogen-bond donors (Lipinski definition) is 0. The summed E-state index contributed by atoms with van der Waals surface area (Å²) in [6, 6.07) is 9.30. The van der Waals surface area contributed by atoms with Crippen LogP contribution in [0.5, 0.6) is 5.75 Å². The molecule has 0 bridgehead atoms. The van der Waals surface area contributed by atoms with E-state index in [1.807, 2.05) is 0 Å². The number of aromatic nitrogens is 3. The number of rotatable bonds is 5. The summed E-state index contributed by atoms with van der Waals surface area (Å²) >= 11 is 1.34. The number of benzene rings is 2. The first-order chi connectivity index (χ1) is 13.5. The van der Waals surface area contributed by atoms with Crippen molar-refractivity contribution in [3.63, 3.8) is 0 Å². The molecule has 1 aromatic heterocycles. The molecule has 0 saturated carbocycles. The Bertz CT molecular complexity index is 1060. The summed E-state index contributed by atoms with van der Waals surface area (Å²) in [6.45, 7) is 0.361. The number of halogens is 1. The van der Waals surface area contributed by atoms with E-state index in [1.54, 1.807) is 29.8 Å². The molecule has 4 rings (SSSR count). The monoisotopic (exact) mass is 402 g/mol. The summed E-state index contributed by atoms with van der Waals surface area (Å²) in [5.74, 6) is 1.01. The Morgan fingerprint density at radius 3 is 2.93 bits per heavy atom. The topological polar surface area (TPSA) is 92.3 Å². The first-order valence-electron chi connectivity index (χ1n) is 8.32. The maximum atomic E-state index is 14.0. The summed E-state index contributed by atoms with van der Waals surface area (Å²) in [4.78, 5) is 10.8. The van der Waals surface area contributed by atoms with E-state index in [2.05, 4.69) is 10.2 Å². The molecule has 0 aliphatic carbocycles. The number of ether oxygens (including phenoxy) is 2. The van der Waals surface area contributed by atoms with E-state index in [4.69, 9.17) is 9.47 Å². The van der Waals surface area contributed by atoms with Crippen molar-refractivity contribution >= 4 is 17.4 Å². The average molecular weight is 402 g/mol. The van der Waals surface area contributed by atoms with Gasteiger partial charge in [0.15, 0.2) is 17.8 Å². The van der Waals surface area contributed by atoms with Gasteiger partial charge < -0.3 is 14.0 Å². The summed E-state index contributed by atoms with van der Waals surface area (Å²) in [6.07, 6.45) is 0. The number of fused-ring (bicyclic) bond motifs is 1. The zero-order chi connectivity index (χ0) is 19.7. The molecule has 1 aliphatic rings. The molecule has 0 unspecified atom stereocenters. The minimum Gasteiger partial charge on any atom is -0.467 e. The first kappa shape index (κ1) is 18.4. The zero-order valence-corrected chi connectivity index (χ0v) is 15.6. The van der Waals surface area contributed by atoms with Gasteiger partial charge in [0.25, 0.3) is 5.69 Å². The minimum atomic E-state index is -0.443. The number of nitrogens with zero attached hydrogens (tertiary/aromatic N) is 4. The second-order valence-electron chi connectivity index (χ2n) is 6.09. The lowest BCUT2D eigenvalue weighted by Gasteiger charge is -2.20. The van der Waals surface area contributed by atoms with Crippen LogP contribution in [-0.4, -0.2) is 26.5 Å². The van der Waals surface area contributed by atoms with Gasteiger partial charge >= 0.3 is 0 Å². The average Bonchev–Trinajstić information content (AvgIpc) is 3.06. The predicted octanol–water partition coefficient (Wildman–Crippen LogP) is 3.69. The molecular formula is C18H15FN4O4S. The number of hydrogen-bond acceptors (Lipinski definition) is 7. The van der Waals surface area contributed by atoms with Gasteiger partial charge in [-0.2, -0.15) is 0 Å². The highest BCUT2D eigenvalue weighted by Crippen LogP contribution is 2.36. The minimum absolute atomic E-state index is 0.0199. The highest BCUT2D eigenvalue weighted by molar-refractivity contribution is 7.98. The molecule has 2 heterocycles. The van der Waals surface area contributed by atoms with Crippen molar-refractivity contribution in [3.8, 4) is 17.1 Å². The third-order valence-corrected chi connectivity index (χ3v) is 5.36. The normalized spacial score (nSPS) is 13.1. The Balaban J connectivity index is 1.61. The van der Waals surface area contributed by atoms with Crippen LogP contribution < -0.4 is 4.74 Å². The van der Waals surface area contributed by atoms with Crippen molar-refractivity contribution in [1.29, 1.82) is 0 Å². The Morgan fingerprint density at radius 1 is 1.32 bits per heavy atom. The van der Waals surface area contributed by atoms with Crippen LogP contribution in [0.15, 0.2) is 41.6 Å². The van der Waals surface area contributed by atoms with Crippen molar-refractivity contribution in [2.24, 2.45) is 7.05 Å².